The summed E-state index contributed by atoms with van der Waals surface area (Å²) in [6.45, 7) is 1.37. The fraction of sp³-hybridized carbons (Fsp3) is 0.588. The average molecular weight is 285 g/mol. The number of ketones is 1. The number of fused-ring (bicyclic) bond motifs is 3. The van der Waals surface area contributed by atoms with Crippen molar-refractivity contribution < 1.29 is 14.3 Å². The van der Waals surface area contributed by atoms with E-state index >= 15 is 0 Å². The number of carbonyl (C=O) groups excluding carboxylic acids is 1. The van der Waals surface area contributed by atoms with Gasteiger partial charge in [0.2, 0.25) is 6.79 Å². The number of nitrogens with one attached hydrogen (secondary N) is 1. The topological polar surface area (TPSA) is 47.6 Å². The molecule has 0 saturated heterocycles. The predicted molar refractivity (Wildman–Crippen MR) is 76.8 cm³/mol. The van der Waals surface area contributed by atoms with Crippen molar-refractivity contribution in [2.75, 3.05) is 13.3 Å². The van der Waals surface area contributed by atoms with Crippen LogP contribution in [0.2, 0.25) is 0 Å². The second-order valence-electron chi connectivity index (χ2n) is 6.84. The molecule has 2 aliphatic carbocycles. The number of Topliss-reactive ketones (excluding diaryl/α,β-unsaturated/α-hetero) is 1. The molecule has 110 valence electrons. The summed E-state index contributed by atoms with van der Waals surface area (Å²) in [6.07, 6.45) is 5.54. The van der Waals surface area contributed by atoms with Gasteiger partial charge < -0.3 is 14.8 Å². The maximum atomic E-state index is 11.7. The fourth-order valence-corrected chi connectivity index (χ4v) is 4.85. The minimum absolute atomic E-state index is 0.124. The summed E-state index contributed by atoms with van der Waals surface area (Å²) < 4.78 is 11.5. The van der Waals surface area contributed by atoms with E-state index in [1.54, 1.807) is 0 Å². The lowest BCUT2D eigenvalue weighted by atomic mass is 9.69. The summed E-state index contributed by atoms with van der Waals surface area (Å²) in [5.41, 5.74) is 4.38. The number of carbonyl (C=O) groups is 1. The van der Waals surface area contributed by atoms with Crippen LogP contribution in [0.4, 0.5) is 0 Å². The first-order valence-corrected chi connectivity index (χ1v) is 7.98. The second-order valence-corrected chi connectivity index (χ2v) is 6.84. The smallest absolute Gasteiger partial charge is 0.231 e. The summed E-state index contributed by atoms with van der Waals surface area (Å²) in [6, 6.07) is 2.62. The zero-order chi connectivity index (χ0) is 14.0. The summed E-state index contributed by atoms with van der Waals surface area (Å²) in [5, 5.41) is 3.67. The lowest BCUT2D eigenvalue weighted by Gasteiger charge is -2.34. The zero-order valence-corrected chi connectivity index (χ0v) is 12.0. The van der Waals surface area contributed by atoms with Gasteiger partial charge in [-0.3, -0.25) is 4.79 Å². The molecule has 1 atom stereocenters. The Kier molecular flexibility index (Phi) is 2.30. The van der Waals surface area contributed by atoms with Gasteiger partial charge >= 0.3 is 0 Å². The molecule has 4 heteroatoms. The van der Waals surface area contributed by atoms with Gasteiger partial charge in [-0.1, -0.05) is 0 Å². The lowest BCUT2D eigenvalue weighted by Crippen LogP contribution is -2.32. The molecule has 4 nitrogen and oxygen atoms in total. The Balaban J connectivity index is 1.73. The van der Waals surface area contributed by atoms with Gasteiger partial charge in [0.15, 0.2) is 11.5 Å². The van der Waals surface area contributed by atoms with Crippen LogP contribution in [0, 0.1) is 0 Å². The SMILES string of the molecule is O=C1CCC2(CC1)CC1NCCc3cc4c(c2c31)OCO4. The van der Waals surface area contributed by atoms with Crippen LogP contribution in [0.3, 0.4) is 0 Å². The van der Waals surface area contributed by atoms with E-state index in [1.807, 2.05) is 0 Å². The second kappa shape index (κ2) is 4.01. The molecule has 1 aromatic rings. The number of hydrogen-bond donors (Lipinski definition) is 1. The van der Waals surface area contributed by atoms with Crippen molar-refractivity contribution in [1.29, 1.82) is 0 Å². The fourth-order valence-electron chi connectivity index (χ4n) is 4.85. The van der Waals surface area contributed by atoms with Crippen molar-refractivity contribution >= 4 is 5.78 Å². The molecule has 0 bridgehead atoms. The molecule has 1 unspecified atom stereocenters. The average Bonchev–Trinajstić information content (AvgIpc) is 3.07. The highest BCUT2D eigenvalue weighted by atomic mass is 16.7. The van der Waals surface area contributed by atoms with Crippen molar-refractivity contribution in [3.8, 4) is 11.5 Å². The van der Waals surface area contributed by atoms with E-state index in [1.165, 1.54) is 16.7 Å². The largest absolute Gasteiger partial charge is 0.454 e. The van der Waals surface area contributed by atoms with E-state index in [-0.39, 0.29) is 5.41 Å². The van der Waals surface area contributed by atoms with E-state index in [0.717, 1.165) is 43.7 Å². The molecular weight excluding hydrogens is 266 g/mol. The molecular formula is C17H19NO3. The van der Waals surface area contributed by atoms with E-state index < -0.39 is 0 Å². The van der Waals surface area contributed by atoms with E-state index in [0.29, 0.717) is 31.5 Å². The van der Waals surface area contributed by atoms with Gasteiger partial charge in [0, 0.05) is 29.9 Å². The zero-order valence-electron chi connectivity index (χ0n) is 12.0. The molecule has 5 rings (SSSR count). The van der Waals surface area contributed by atoms with Crippen molar-refractivity contribution in [1.82, 2.24) is 5.32 Å². The Morgan fingerprint density at radius 1 is 1.19 bits per heavy atom. The molecule has 21 heavy (non-hydrogen) atoms. The molecule has 1 fully saturated rings. The molecule has 1 saturated carbocycles. The highest BCUT2D eigenvalue weighted by Gasteiger charge is 2.50. The Bertz CT molecular complexity index is 642. The van der Waals surface area contributed by atoms with Gasteiger partial charge in [-0.05, 0) is 49.4 Å². The molecule has 4 aliphatic rings. The highest BCUT2D eigenvalue weighted by molar-refractivity contribution is 5.80. The quantitative estimate of drug-likeness (QED) is 0.795. The molecule has 0 aromatic heterocycles. The summed E-state index contributed by atoms with van der Waals surface area (Å²) >= 11 is 0. The molecule has 1 aromatic carbocycles. The van der Waals surface area contributed by atoms with E-state index in [4.69, 9.17) is 9.47 Å². The molecule has 1 spiro atoms. The maximum absolute atomic E-state index is 11.7. The normalized spacial score (nSPS) is 28.0. The van der Waals surface area contributed by atoms with Crippen LogP contribution in [0.1, 0.15) is 54.8 Å². The minimum atomic E-state index is 0.124. The number of rotatable bonds is 0. The monoisotopic (exact) mass is 285 g/mol. The standard InChI is InChI=1S/C17H19NO3/c19-11-1-4-17(5-2-11)8-12-14-10(3-6-18-12)7-13-16(15(14)17)21-9-20-13/h7,12,18H,1-6,8-9H2. The first-order chi connectivity index (χ1) is 10.3. The van der Waals surface area contributed by atoms with Crippen LogP contribution in [0.25, 0.3) is 0 Å². The van der Waals surface area contributed by atoms with Crippen LogP contribution < -0.4 is 14.8 Å². The van der Waals surface area contributed by atoms with Crippen LogP contribution in [-0.4, -0.2) is 19.1 Å². The van der Waals surface area contributed by atoms with E-state index in [9.17, 15) is 4.79 Å². The van der Waals surface area contributed by atoms with Crippen molar-refractivity contribution in [2.24, 2.45) is 0 Å². The van der Waals surface area contributed by atoms with Crippen molar-refractivity contribution in [2.45, 2.75) is 50.0 Å². The molecule has 0 radical (unpaired) electrons. The first kappa shape index (κ1) is 12.0. The van der Waals surface area contributed by atoms with Gasteiger partial charge in [-0.2, -0.15) is 0 Å². The summed E-state index contributed by atoms with van der Waals surface area (Å²) in [7, 11) is 0. The summed E-state index contributed by atoms with van der Waals surface area (Å²) in [4.78, 5) is 11.7. The van der Waals surface area contributed by atoms with Gasteiger partial charge in [0.05, 0.1) is 0 Å². The predicted octanol–water partition coefficient (Wildman–Crippen LogP) is 2.39. The Hall–Kier alpha value is -1.55. The third-order valence-electron chi connectivity index (χ3n) is 5.81. The summed E-state index contributed by atoms with van der Waals surface area (Å²) in [5.74, 6) is 2.30. The lowest BCUT2D eigenvalue weighted by molar-refractivity contribution is -0.121. The van der Waals surface area contributed by atoms with Crippen LogP contribution >= 0.6 is 0 Å². The van der Waals surface area contributed by atoms with Crippen molar-refractivity contribution in [3.63, 3.8) is 0 Å². The van der Waals surface area contributed by atoms with Gasteiger partial charge in [-0.25, -0.2) is 0 Å². The Morgan fingerprint density at radius 2 is 2.05 bits per heavy atom. The number of ether oxygens (including phenoxy) is 2. The number of hydrogen-bond acceptors (Lipinski definition) is 4. The number of benzene rings is 1. The minimum Gasteiger partial charge on any atom is -0.454 e. The van der Waals surface area contributed by atoms with Crippen LogP contribution in [0.15, 0.2) is 6.07 Å². The molecule has 0 amide bonds. The molecule has 2 aliphatic heterocycles. The van der Waals surface area contributed by atoms with E-state index in [2.05, 4.69) is 11.4 Å². The van der Waals surface area contributed by atoms with Crippen LogP contribution in [-0.2, 0) is 16.6 Å². The highest BCUT2D eigenvalue weighted by Crippen LogP contribution is 2.59. The Labute approximate surface area is 123 Å². The first-order valence-electron chi connectivity index (χ1n) is 7.98. The van der Waals surface area contributed by atoms with Gasteiger partial charge in [0.25, 0.3) is 0 Å². The maximum Gasteiger partial charge on any atom is 0.231 e. The van der Waals surface area contributed by atoms with Crippen LogP contribution in [0.5, 0.6) is 11.5 Å². The Morgan fingerprint density at radius 3 is 2.90 bits per heavy atom. The third-order valence-corrected chi connectivity index (χ3v) is 5.81. The third kappa shape index (κ3) is 1.51. The molecule has 2 heterocycles. The molecule has 1 N–H and O–H groups in total. The van der Waals surface area contributed by atoms with Gasteiger partial charge in [0.1, 0.15) is 5.78 Å². The van der Waals surface area contributed by atoms with Crippen molar-refractivity contribution in [3.05, 3.63) is 22.8 Å². The van der Waals surface area contributed by atoms with Gasteiger partial charge in [-0.15, -0.1) is 0 Å².